The van der Waals surface area contributed by atoms with E-state index < -0.39 is 16.1 Å². The van der Waals surface area contributed by atoms with Crippen LogP contribution in [-0.4, -0.2) is 25.3 Å². The molecule has 2 nitrogen and oxygen atoms in total. The number of para-hydroxylation sites is 2. The molecule has 0 N–H and O–H groups in total. The fourth-order valence-electron chi connectivity index (χ4n) is 13.2. The number of benzene rings is 12. The third-order valence-electron chi connectivity index (χ3n) is 16.4. The summed E-state index contributed by atoms with van der Waals surface area (Å²) in [6.07, 6.45) is 0. The predicted octanol–water partition coefficient (Wildman–Crippen LogP) is 13.0. The number of hydrogen-bond donors (Lipinski definition) is 0. The van der Waals surface area contributed by atoms with Crippen molar-refractivity contribution in [1.82, 2.24) is 9.13 Å². The first-order valence-corrected chi connectivity index (χ1v) is 31.4. The molecule has 0 amide bonds. The molecule has 3 aromatic heterocycles. The maximum absolute atomic E-state index is 3.08. The zero-order chi connectivity index (χ0) is 50.9. The van der Waals surface area contributed by atoms with Gasteiger partial charge in [-0.3, -0.25) is 0 Å². The SMILES string of the molecule is c1ccc(-n2c3ccccc3c3ccc4c(c5cc([Si](c6ccccc6)(c6ccccc6)c6ccc7sc8ccccc8c7c6)ccc5n4-c4cccc([Si](c5ccccc5)(c5ccccc5)c5ccccc5)c4)c32)cc1. The molecule has 0 fully saturated rings. The van der Waals surface area contributed by atoms with Gasteiger partial charge in [-0.2, -0.15) is 0 Å². The second kappa shape index (κ2) is 18.3. The van der Waals surface area contributed by atoms with Gasteiger partial charge in [-0.25, -0.2) is 0 Å². The van der Waals surface area contributed by atoms with Crippen molar-refractivity contribution in [3.63, 3.8) is 0 Å². The topological polar surface area (TPSA) is 9.86 Å². The Morgan fingerprint density at radius 3 is 1.25 bits per heavy atom. The Kier molecular flexibility index (Phi) is 10.8. The van der Waals surface area contributed by atoms with Crippen LogP contribution in [0.4, 0.5) is 0 Å². The van der Waals surface area contributed by atoms with Crippen LogP contribution in [0, 0.1) is 0 Å². The van der Waals surface area contributed by atoms with Gasteiger partial charge in [0.05, 0.1) is 22.1 Å². The average molecular weight is 1030 g/mol. The molecule has 0 atom stereocenters. The van der Waals surface area contributed by atoms with Crippen molar-refractivity contribution >= 4 is 133 Å². The number of fused-ring (bicyclic) bond motifs is 10. The highest BCUT2D eigenvalue weighted by molar-refractivity contribution is 7.26. The van der Waals surface area contributed by atoms with Crippen molar-refractivity contribution in [3.05, 3.63) is 303 Å². The largest absolute Gasteiger partial charge is 0.309 e. The van der Waals surface area contributed by atoms with Crippen LogP contribution in [-0.2, 0) is 0 Å². The molecule has 362 valence electrons. The van der Waals surface area contributed by atoms with E-state index in [4.69, 9.17) is 0 Å². The van der Waals surface area contributed by atoms with Crippen molar-refractivity contribution < 1.29 is 0 Å². The Hall–Kier alpha value is -9.11. The summed E-state index contributed by atoms with van der Waals surface area (Å²) in [7, 11) is -5.97. The minimum atomic E-state index is -3.08. The van der Waals surface area contributed by atoms with Crippen molar-refractivity contribution in [3.8, 4) is 11.4 Å². The molecule has 0 aliphatic rings. The van der Waals surface area contributed by atoms with Crippen molar-refractivity contribution in [1.29, 1.82) is 0 Å². The summed E-state index contributed by atoms with van der Waals surface area (Å²) < 4.78 is 7.73. The lowest BCUT2D eigenvalue weighted by Gasteiger charge is -2.35. The van der Waals surface area contributed by atoms with Gasteiger partial charge in [0.1, 0.15) is 0 Å². The van der Waals surface area contributed by atoms with Crippen molar-refractivity contribution in [2.75, 3.05) is 0 Å². The molecule has 0 saturated heterocycles. The maximum Gasteiger partial charge on any atom is 0.179 e. The fourth-order valence-corrected chi connectivity index (χ4v) is 23.8. The molecule has 0 unspecified atom stereocenters. The number of hydrogen-bond acceptors (Lipinski definition) is 1. The first-order valence-electron chi connectivity index (χ1n) is 26.6. The molecule has 0 spiro atoms. The number of rotatable bonds is 10. The molecule has 77 heavy (non-hydrogen) atoms. The Morgan fingerprint density at radius 2 is 0.649 bits per heavy atom. The lowest BCUT2D eigenvalue weighted by molar-refractivity contribution is 1.18. The fraction of sp³-hybridized carbons (Fsp3) is 0. The zero-order valence-corrected chi connectivity index (χ0v) is 45.0. The normalized spacial score (nSPS) is 12.2. The smallest absolute Gasteiger partial charge is 0.179 e. The molecule has 0 aliphatic heterocycles. The van der Waals surface area contributed by atoms with Gasteiger partial charge in [0.2, 0.25) is 0 Å². The molecular formula is C72H50N2SSi2. The molecule has 3 heterocycles. The number of aromatic nitrogens is 2. The molecule has 0 saturated carbocycles. The number of nitrogens with zero attached hydrogens (tertiary/aromatic N) is 2. The minimum absolute atomic E-state index is 1.14. The van der Waals surface area contributed by atoms with Gasteiger partial charge in [-0.15, -0.1) is 11.3 Å². The maximum atomic E-state index is 2.61. The van der Waals surface area contributed by atoms with Crippen LogP contribution >= 0.6 is 11.3 Å². The summed E-state index contributed by atoms with van der Waals surface area (Å²) in [5.41, 5.74) is 7.04. The first-order chi connectivity index (χ1) is 38.2. The molecule has 15 aromatic rings. The van der Waals surface area contributed by atoms with E-state index in [2.05, 4.69) is 312 Å². The molecule has 0 radical (unpaired) electrons. The van der Waals surface area contributed by atoms with Gasteiger partial charge < -0.3 is 9.13 Å². The van der Waals surface area contributed by atoms with Crippen LogP contribution in [0.5, 0.6) is 0 Å². The van der Waals surface area contributed by atoms with E-state index in [-0.39, 0.29) is 0 Å². The van der Waals surface area contributed by atoms with E-state index in [0.717, 1.165) is 11.4 Å². The number of thiophene rings is 1. The predicted molar refractivity (Wildman–Crippen MR) is 335 cm³/mol. The summed E-state index contributed by atoms with van der Waals surface area (Å²) in [6, 6.07) is 115. The molecule has 0 aliphatic carbocycles. The Balaban J connectivity index is 1.09. The van der Waals surface area contributed by atoms with Crippen LogP contribution in [0.1, 0.15) is 0 Å². The monoisotopic (exact) mass is 1030 g/mol. The second-order valence-corrected chi connectivity index (χ2v) is 29.0. The van der Waals surface area contributed by atoms with Gasteiger partial charge in [0.25, 0.3) is 0 Å². The Labute approximate surface area is 453 Å². The second-order valence-electron chi connectivity index (χ2n) is 20.3. The van der Waals surface area contributed by atoms with Gasteiger partial charge in [-0.1, -0.05) is 249 Å². The van der Waals surface area contributed by atoms with Gasteiger partial charge >= 0.3 is 0 Å². The van der Waals surface area contributed by atoms with E-state index in [9.17, 15) is 0 Å². The average Bonchev–Trinajstić information content (AvgIpc) is 4.39. The molecule has 12 aromatic carbocycles. The van der Waals surface area contributed by atoms with Crippen LogP contribution in [0.3, 0.4) is 0 Å². The van der Waals surface area contributed by atoms with E-state index >= 15 is 0 Å². The highest BCUT2D eigenvalue weighted by Crippen LogP contribution is 2.42. The van der Waals surface area contributed by atoms with E-state index in [1.807, 2.05) is 11.3 Å². The van der Waals surface area contributed by atoms with Crippen LogP contribution in [0.2, 0.25) is 0 Å². The first kappa shape index (κ1) is 45.3. The molecule has 5 heteroatoms. The van der Waals surface area contributed by atoms with Crippen molar-refractivity contribution in [2.24, 2.45) is 0 Å². The summed E-state index contributed by atoms with van der Waals surface area (Å²) in [5, 5.41) is 18.4. The Morgan fingerprint density at radius 1 is 0.234 bits per heavy atom. The zero-order valence-electron chi connectivity index (χ0n) is 42.2. The van der Waals surface area contributed by atoms with Crippen LogP contribution in [0.15, 0.2) is 303 Å². The van der Waals surface area contributed by atoms with Crippen molar-refractivity contribution in [2.45, 2.75) is 0 Å². The lowest BCUT2D eigenvalue weighted by Crippen LogP contribution is -2.74. The highest BCUT2D eigenvalue weighted by Gasteiger charge is 2.43. The molecule has 15 rings (SSSR count). The van der Waals surface area contributed by atoms with Crippen LogP contribution in [0.25, 0.3) is 75.2 Å². The van der Waals surface area contributed by atoms with E-state index in [1.165, 1.54) is 105 Å². The minimum Gasteiger partial charge on any atom is -0.309 e. The van der Waals surface area contributed by atoms with E-state index in [0.29, 0.717) is 0 Å². The lowest BCUT2D eigenvalue weighted by atomic mass is 10.1. The molecular weight excluding hydrogens is 981 g/mol. The Bertz CT molecular complexity index is 4530. The standard InChI is InChI=1S/C72H50N2SSi2/c1-7-24-51(25-8-1)74-66-40-21-19-38-61(66)63-44-46-68-71(72(63)74)65-50-59(77(56-33-15-5-16-34-56,57-35-17-6-18-36-57)60-43-47-70-64(49-60)62-39-20-22-41-69(62)75-70)42-45-67(65)73(68)52-26-23-37-58(48-52)76(53-27-9-2-10-28-53,54-29-11-3-12-30-54)55-31-13-4-14-32-55/h1-50H. The van der Waals surface area contributed by atoms with E-state index in [1.54, 1.807) is 0 Å². The molecule has 0 bridgehead atoms. The van der Waals surface area contributed by atoms with Crippen LogP contribution < -0.4 is 41.5 Å². The summed E-state index contributed by atoms with van der Waals surface area (Å²) in [6.45, 7) is 0. The van der Waals surface area contributed by atoms with Gasteiger partial charge in [0, 0.05) is 53.1 Å². The quantitative estimate of drug-likeness (QED) is 0.0954. The van der Waals surface area contributed by atoms with Gasteiger partial charge in [-0.05, 0) is 96.1 Å². The summed E-state index contributed by atoms with van der Waals surface area (Å²) in [5.74, 6) is 0. The summed E-state index contributed by atoms with van der Waals surface area (Å²) in [4.78, 5) is 0. The van der Waals surface area contributed by atoms with Gasteiger partial charge in [0.15, 0.2) is 16.1 Å². The third-order valence-corrected chi connectivity index (χ3v) is 27.1. The third kappa shape index (κ3) is 6.91. The summed E-state index contributed by atoms with van der Waals surface area (Å²) >= 11 is 1.89. The highest BCUT2D eigenvalue weighted by atomic mass is 32.1.